The number of nitrogens with zero attached hydrogens (tertiary/aromatic N) is 1. The van der Waals surface area contributed by atoms with E-state index in [4.69, 9.17) is 11.5 Å². The molecule has 0 bridgehead atoms. The normalized spacial score (nSPS) is 10.1. The first-order valence-corrected chi connectivity index (χ1v) is 5.05. The summed E-state index contributed by atoms with van der Waals surface area (Å²) in [6, 6.07) is 11.4. The van der Waals surface area contributed by atoms with Gasteiger partial charge in [-0.3, -0.25) is 0 Å². The number of benzene rings is 1. The molecule has 0 aliphatic rings. The van der Waals surface area contributed by atoms with Gasteiger partial charge in [0.1, 0.15) is 5.82 Å². The maximum Gasteiger partial charge on any atom is 0.130 e. The molecule has 4 heteroatoms. The highest BCUT2D eigenvalue weighted by atomic mass is 15.0. The minimum atomic E-state index is 0.506. The monoisotopic (exact) mass is 214 g/mol. The highest BCUT2D eigenvalue weighted by Crippen LogP contribution is 2.16. The van der Waals surface area contributed by atoms with Crippen molar-refractivity contribution in [3.63, 3.8) is 0 Å². The zero-order valence-corrected chi connectivity index (χ0v) is 8.85. The van der Waals surface area contributed by atoms with Gasteiger partial charge in [0.05, 0.1) is 0 Å². The second kappa shape index (κ2) is 4.63. The number of pyridine rings is 1. The van der Waals surface area contributed by atoms with E-state index in [1.807, 2.05) is 36.4 Å². The lowest BCUT2D eigenvalue weighted by Gasteiger charge is -2.06. The number of anilines is 3. The van der Waals surface area contributed by atoms with Crippen LogP contribution in [0.4, 0.5) is 17.2 Å². The number of hydrogen-bond donors (Lipinski definition) is 3. The maximum atomic E-state index is 5.68. The highest BCUT2D eigenvalue weighted by Gasteiger charge is 1.96. The van der Waals surface area contributed by atoms with Crippen molar-refractivity contribution in [2.75, 3.05) is 11.1 Å². The summed E-state index contributed by atoms with van der Waals surface area (Å²) in [7, 11) is 0. The molecule has 0 aliphatic carbocycles. The van der Waals surface area contributed by atoms with Gasteiger partial charge in [-0.2, -0.15) is 0 Å². The molecule has 0 unspecified atom stereocenters. The molecule has 0 saturated heterocycles. The second-order valence-electron chi connectivity index (χ2n) is 3.51. The van der Waals surface area contributed by atoms with E-state index >= 15 is 0 Å². The van der Waals surface area contributed by atoms with Crippen molar-refractivity contribution in [2.45, 2.75) is 6.54 Å². The Balaban J connectivity index is 2.14. The van der Waals surface area contributed by atoms with E-state index < -0.39 is 0 Å². The summed E-state index contributed by atoms with van der Waals surface area (Å²) in [6.45, 7) is 0.506. The molecule has 2 aromatic rings. The summed E-state index contributed by atoms with van der Waals surface area (Å²) in [5.41, 5.74) is 13.8. The zero-order chi connectivity index (χ0) is 11.4. The van der Waals surface area contributed by atoms with Crippen molar-refractivity contribution >= 4 is 17.2 Å². The van der Waals surface area contributed by atoms with Crippen LogP contribution in [0.2, 0.25) is 0 Å². The first kappa shape index (κ1) is 10.4. The van der Waals surface area contributed by atoms with Gasteiger partial charge >= 0.3 is 0 Å². The maximum absolute atomic E-state index is 5.68. The standard InChI is InChI=1S/C12H14N4/c13-7-9-4-5-12(15-8-9)16-11-3-1-2-10(14)6-11/h1-6,8H,7,13-14H2,(H,15,16). The van der Waals surface area contributed by atoms with Gasteiger partial charge in [-0.15, -0.1) is 0 Å². The zero-order valence-electron chi connectivity index (χ0n) is 8.85. The Bertz CT molecular complexity index is 465. The second-order valence-corrected chi connectivity index (χ2v) is 3.51. The summed E-state index contributed by atoms with van der Waals surface area (Å²) < 4.78 is 0. The molecule has 0 aliphatic heterocycles. The third-order valence-electron chi connectivity index (χ3n) is 2.22. The topological polar surface area (TPSA) is 77.0 Å². The summed E-state index contributed by atoms with van der Waals surface area (Å²) in [4.78, 5) is 4.24. The van der Waals surface area contributed by atoms with Gasteiger partial charge in [0.2, 0.25) is 0 Å². The van der Waals surface area contributed by atoms with Crippen molar-refractivity contribution in [2.24, 2.45) is 5.73 Å². The molecule has 0 fully saturated rings. The molecule has 0 spiro atoms. The van der Waals surface area contributed by atoms with Gasteiger partial charge in [0.25, 0.3) is 0 Å². The molecule has 82 valence electrons. The number of nitrogens with two attached hydrogens (primary N) is 2. The predicted molar refractivity (Wildman–Crippen MR) is 66.3 cm³/mol. The number of nitrogens with one attached hydrogen (secondary N) is 1. The number of aromatic nitrogens is 1. The first-order chi connectivity index (χ1) is 7.78. The Morgan fingerprint density at radius 3 is 2.69 bits per heavy atom. The fourth-order valence-corrected chi connectivity index (χ4v) is 1.38. The van der Waals surface area contributed by atoms with Crippen LogP contribution in [-0.4, -0.2) is 4.98 Å². The summed E-state index contributed by atoms with van der Waals surface area (Å²) in [5.74, 6) is 0.780. The lowest BCUT2D eigenvalue weighted by molar-refractivity contribution is 1.05. The number of nitrogen functional groups attached to an aromatic ring is 1. The fourth-order valence-electron chi connectivity index (χ4n) is 1.38. The molecule has 16 heavy (non-hydrogen) atoms. The fraction of sp³-hybridized carbons (Fsp3) is 0.0833. The van der Waals surface area contributed by atoms with E-state index in [1.54, 1.807) is 6.20 Å². The van der Waals surface area contributed by atoms with Gasteiger partial charge in [-0.05, 0) is 29.8 Å². The average Bonchev–Trinajstić information content (AvgIpc) is 2.30. The van der Waals surface area contributed by atoms with E-state index in [-0.39, 0.29) is 0 Å². The molecule has 0 radical (unpaired) electrons. The molecule has 4 nitrogen and oxygen atoms in total. The van der Waals surface area contributed by atoms with Crippen molar-refractivity contribution in [3.8, 4) is 0 Å². The Morgan fingerprint density at radius 2 is 2.06 bits per heavy atom. The van der Waals surface area contributed by atoms with Crippen LogP contribution in [0.5, 0.6) is 0 Å². The van der Waals surface area contributed by atoms with E-state index in [0.29, 0.717) is 6.54 Å². The van der Waals surface area contributed by atoms with Crippen molar-refractivity contribution in [3.05, 3.63) is 48.2 Å². The van der Waals surface area contributed by atoms with Crippen molar-refractivity contribution in [1.29, 1.82) is 0 Å². The van der Waals surface area contributed by atoms with Crippen molar-refractivity contribution < 1.29 is 0 Å². The molecule has 1 aromatic heterocycles. The number of hydrogen-bond acceptors (Lipinski definition) is 4. The van der Waals surface area contributed by atoms with Crippen LogP contribution in [0.15, 0.2) is 42.6 Å². The van der Waals surface area contributed by atoms with Gasteiger partial charge in [0, 0.05) is 24.1 Å². The lowest BCUT2D eigenvalue weighted by Crippen LogP contribution is -1.99. The summed E-state index contributed by atoms with van der Waals surface area (Å²) >= 11 is 0. The van der Waals surface area contributed by atoms with Crippen LogP contribution in [-0.2, 0) is 6.54 Å². The predicted octanol–water partition coefficient (Wildman–Crippen LogP) is 1.87. The molecule has 5 N–H and O–H groups in total. The number of rotatable bonds is 3. The summed E-state index contributed by atoms with van der Waals surface area (Å²) in [6.07, 6.45) is 1.76. The molecule has 0 atom stereocenters. The molecule has 0 saturated carbocycles. The molecule has 2 rings (SSSR count). The quantitative estimate of drug-likeness (QED) is 0.682. The highest BCUT2D eigenvalue weighted by molar-refractivity contribution is 5.61. The van der Waals surface area contributed by atoms with Gasteiger partial charge in [-0.1, -0.05) is 12.1 Å². The van der Waals surface area contributed by atoms with E-state index in [1.165, 1.54) is 0 Å². The third-order valence-corrected chi connectivity index (χ3v) is 2.22. The Morgan fingerprint density at radius 1 is 1.19 bits per heavy atom. The Labute approximate surface area is 94.3 Å². The molecule has 0 amide bonds. The minimum absolute atomic E-state index is 0.506. The van der Waals surface area contributed by atoms with Crippen LogP contribution in [0.1, 0.15) is 5.56 Å². The first-order valence-electron chi connectivity index (χ1n) is 5.05. The van der Waals surface area contributed by atoms with E-state index in [9.17, 15) is 0 Å². The molecule has 1 aromatic carbocycles. The lowest BCUT2D eigenvalue weighted by atomic mass is 10.2. The van der Waals surface area contributed by atoms with Crippen LogP contribution in [0.25, 0.3) is 0 Å². The SMILES string of the molecule is NCc1ccc(Nc2cccc(N)c2)nc1. The van der Waals surface area contributed by atoms with Crippen LogP contribution < -0.4 is 16.8 Å². The molecule has 1 heterocycles. The van der Waals surface area contributed by atoms with Gasteiger partial charge in [-0.25, -0.2) is 4.98 Å². The third kappa shape index (κ3) is 2.49. The van der Waals surface area contributed by atoms with E-state index in [2.05, 4.69) is 10.3 Å². The van der Waals surface area contributed by atoms with Crippen LogP contribution in [0, 0.1) is 0 Å². The van der Waals surface area contributed by atoms with E-state index in [0.717, 1.165) is 22.8 Å². The summed E-state index contributed by atoms with van der Waals surface area (Å²) in [5, 5.41) is 3.16. The minimum Gasteiger partial charge on any atom is -0.399 e. The smallest absolute Gasteiger partial charge is 0.130 e. The van der Waals surface area contributed by atoms with Crippen LogP contribution in [0.3, 0.4) is 0 Å². The molecular weight excluding hydrogens is 200 g/mol. The van der Waals surface area contributed by atoms with Crippen molar-refractivity contribution in [1.82, 2.24) is 4.98 Å². The molecular formula is C12H14N4. The van der Waals surface area contributed by atoms with Crippen LogP contribution >= 0.6 is 0 Å². The van der Waals surface area contributed by atoms with Gasteiger partial charge in [0.15, 0.2) is 0 Å². The Hall–Kier alpha value is -2.07. The Kier molecular flexibility index (Phi) is 3.03. The van der Waals surface area contributed by atoms with Gasteiger partial charge < -0.3 is 16.8 Å². The largest absolute Gasteiger partial charge is 0.399 e. The average molecular weight is 214 g/mol.